The van der Waals surface area contributed by atoms with Crippen molar-refractivity contribution < 1.29 is 0 Å². The van der Waals surface area contributed by atoms with E-state index in [0.717, 1.165) is 30.2 Å². The van der Waals surface area contributed by atoms with Crippen LogP contribution >= 0.6 is 0 Å². The van der Waals surface area contributed by atoms with Crippen LogP contribution in [0.15, 0.2) is 6.33 Å². The molecule has 7 heteroatoms. The van der Waals surface area contributed by atoms with E-state index in [1.807, 2.05) is 23.3 Å². The van der Waals surface area contributed by atoms with Crippen molar-refractivity contribution >= 4 is 5.82 Å². The summed E-state index contributed by atoms with van der Waals surface area (Å²) in [5.41, 5.74) is 2.28. The number of aromatic nitrogens is 5. The van der Waals surface area contributed by atoms with Gasteiger partial charge in [-0.2, -0.15) is 10.4 Å². The fourth-order valence-corrected chi connectivity index (χ4v) is 2.20. The van der Waals surface area contributed by atoms with Gasteiger partial charge in [0.05, 0.1) is 12.2 Å². The monoisotopic (exact) mass is 255 g/mol. The molecule has 2 aromatic heterocycles. The highest BCUT2D eigenvalue weighted by Crippen LogP contribution is 2.24. The van der Waals surface area contributed by atoms with Gasteiger partial charge in [0.2, 0.25) is 0 Å². The first-order valence-electron chi connectivity index (χ1n) is 6.06. The van der Waals surface area contributed by atoms with E-state index in [2.05, 4.69) is 26.5 Å². The molecule has 0 aliphatic carbocycles. The third kappa shape index (κ3) is 1.81. The lowest BCUT2D eigenvalue weighted by Crippen LogP contribution is -2.35. The Labute approximate surface area is 110 Å². The molecule has 0 N–H and O–H groups in total. The molecular formula is C12H13N7. The van der Waals surface area contributed by atoms with Gasteiger partial charge in [0.1, 0.15) is 18.0 Å². The molecule has 3 rings (SSSR count). The van der Waals surface area contributed by atoms with Crippen molar-refractivity contribution in [3.05, 3.63) is 29.0 Å². The van der Waals surface area contributed by atoms with Crippen molar-refractivity contribution in [2.24, 2.45) is 0 Å². The van der Waals surface area contributed by atoms with Crippen LogP contribution in [0.1, 0.15) is 22.6 Å². The highest BCUT2D eigenvalue weighted by atomic mass is 15.3. The minimum absolute atomic E-state index is 0.598. The molecule has 3 heterocycles. The van der Waals surface area contributed by atoms with Crippen molar-refractivity contribution in [1.29, 1.82) is 5.26 Å². The molecule has 0 radical (unpaired) electrons. The fraction of sp³-hybridized carbons (Fsp3) is 0.417. The van der Waals surface area contributed by atoms with E-state index in [9.17, 15) is 5.26 Å². The van der Waals surface area contributed by atoms with E-state index in [1.165, 1.54) is 0 Å². The summed E-state index contributed by atoms with van der Waals surface area (Å²) >= 11 is 0. The quantitative estimate of drug-likeness (QED) is 0.741. The molecule has 1 aliphatic heterocycles. The SMILES string of the molecule is Cc1nnc(N2CCn3cnnc3C2)c(C#N)c1C. The van der Waals surface area contributed by atoms with Gasteiger partial charge in [0.15, 0.2) is 11.6 Å². The van der Waals surface area contributed by atoms with E-state index in [1.54, 1.807) is 6.33 Å². The van der Waals surface area contributed by atoms with Gasteiger partial charge in [-0.05, 0) is 19.4 Å². The van der Waals surface area contributed by atoms with Gasteiger partial charge in [-0.1, -0.05) is 0 Å². The molecule has 96 valence electrons. The minimum atomic E-state index is 0.598. The summed E-state index contributed by atoms with van der Waals surface area (Å²) in [6.07, 6.45) is 1.73. The van der Waals surface area contributed by atoms with Crippen molar-refractivity contribution in [1.82, 2.24) is 25.0 Å². The first kappa shape index (κ1) is 11.6. The molecule has 0 amide bonds. The summed E-state index contributed by atoms with van der Waals surface area (Å²) in [4.78, 5) is 2.03. The maximum Gasteiger partial charge on any atom is 0.169 e. The van der Waals surface area contributed by atoms with Crippen LogP contribution in [0.2, 0.25) is 0 Å². The van der Waals surface area contributed by atoms with Crippen molar-refractivity contribution in [2.45, 2.75) is 26.9 Å². The number of nitrogens with zero attached hydrogens (tertiary/aromatic N) is 7. The Kier molecular flexibility index (Phi) is 2.63. The predicted molar refractivity (Wildman–Crippen MR) is 67.3 cm³/mol. The summed E-state index contributed by atoms with van der Waals surface area (Å²) in [5.74, 6) is 1.52. The van der Waals surface area contributed by atoms with E-state index >= 15 is 0 Å². The molecule has 1 aliphatic rings. The molecule has 0 unspecified atom stereocenters. The number of aryl methyl sites for hydroxylation is 1. The summed E-state index contributed by atoms with van der Waals surface area (Å²) in [5, 5.41) is 25.6. The lowest BCUT2D eigenvalue weighted by molar-refractivity contribution is 0.553. The van der Waals surface area contributed by atoms with E-state index in [0.29, 0.717) is 17.9 Å². The van der Waals surface area contributed by atoms with Crippen molar-refractivity contribution in [3.8, 4) is 6.07 Å². The maximum absolute atomic E-state index is 9.33. The molecule has 0 fully saturated rings. The molecule has 2 aromatic rings. The van der Waals surface area contributed by atoms with Crippen LogP contribution in [0, 0.1) is 25.2 Å². The smallest absolute Gasteiger partial charge is 0.169 e. The molecule has 0 aromatic carbocycles. The van der Waals surface area contributed by atoms with Crippen molar-refractivity contribution in [2.75, 3.05) is 11.4 Å². The van der Waals surface area contributed by atoms with Crippen LogP contribution in [0.25, 0.3) is 0 Å². The van der Waals surface area contributed by atoms with E-state index in [4.69, 9.17) is 0 Å². The number of fused-ring (bicyclic) bond motifs is 1. The van der Waals surface area contributed by atoms with Gasteiger partial charge in [-0.3, -0.25) is 0 Å². The van der Waals surface area contributed by atoms with Crippen LogP contribution in [0.3, 0.4) is 0 Å². The average molecular weight is 255 g/mol. The second-order valence-corrected chi connectivity index (χ2v) is 4.58. The molecule has 0 bridgehead atoms. The molecule has 7 nitrogen and oxygen atoms in total. The van der Waals surface area contributed by atoms with Gasteiger partial charge >= 0.3 is 0 Å². The highest BCUT2D eigenvalue weighted by Gasteiger charge is 2.22. The Morgan fingerprint density at radius 1 is 1.21 bits per heavy atom. The first-order chi connectivity index (χ1) is 9.20. The second-order valence-electron chi connectivity index (χ2n) is 4.58. The Morgan fingerprint density at radius 3 is 2.84 bits per heavy atom. The molecule has 19 heavy (non-hydrogen) atoms. The fourth-order valence-electron chi connectivity index (χ4n) is 2.20. The number of nitriles is 1. The maximum atomic E-state index is 9.33. The van der Waals surface area contributed by atoms with Crippen LogP contribution in [-0.2, 0) is 13.1 Å². The molecule has 0 saturated carbocycles. The van der Waals surface area contributed by atoms with Crippen LogP contribution in [0.4, 0.5) is 5.82 Å². The van der Waals surface area contributed by atoms with Crippen LogP contribution in [0.5, 0.6) is 0 Å². The number of anilines is 1. The third-order valence-corrected chi connectivity index (χ3v) is 3.49. The minimum Gasteiger partial charge on any atom is -0.345 e. The molecule has 0 saturated heterocycles. The normalized spacial score (nSPS) is 14.1. The number of hydrogen-bond donors (Lipinski definition) is 0. The second kappa shape index (κ2) is 4.31. The van der Waals surface area contributed by atoms with E-state index in [-0.39, 0.29) is 0 Å². The zero-order chi connectivity index (χ0) is 13.4. The van der Waals surface area contributed by atoms with Crippen LogP contribution < -0.4 is 4.90 Å². The van der Waals surface area contributed by atoms with Gasteiger partial charge < -0.3 is 9.47 Å². The molecule has 0 spiro atoms. The van der Waals surface area contributed by atoms with Gasteiger partial charge in [-0.15, -0.1) is 15.3 Å². The molecule has 0 atom stereocenters. The van der Waals surface area contributed by atoms with Gasteiger partial charge in [0.25, 0.3) is 0 Å². The summed E-state index contributed by atoms with van der Waals surface area (Å²) in [6.45, 7) is 5.93. The Balaban J connectivity index is 2.01. The summed E-state index contributed by atoms with van der Waals surface area (Å²) in [7, 11) is 0. The predicted octanol–water partition coefficient (Wildman–Crippen LogP) is 0.577. The summed E-state index contributed by atoms with van der Waals surface area (Å²) in [6, 6.07) is 2.23. The third-order valence-electron chi connectivity index (χ3n) is 3.49. The van der Waals surface area contributed by atoms with Crippen LogP contribution in [-0.4, -0.2) is 31.5 Å². The Morgan fingerprint density at radius 2 is 2.05 bits per heavy atom. The van der Waals surface area contributed by atoms with Gasteiger partial charge in [-0.25, -0.2) is 0 Å². The molecular weight excluding hydrogens is 242 g/mol. The van der Waals surface area contributed by atoms with E-state index < -0.39 is 0 Å². The Bertz CT molecular complexity index is 667. The van der Waals surface area contributed by atoms with Crippen molar-refractivity contribution in [3.63, 3.8) is 0 Å². The number of hydrogen-bond acceptors (Lipinski definition) is 6. The number of rotatable bonds is 1. The average Bonchev–Trinajstić information content (AvgIpc) is 2.89. The lowest BCUT2D eigenvalue weighted by Gasteiger charge is -2.28. The van der Waals surface area contributed by atoms with Gasteiger partial charge in [0, 0.05) is 13.1 Å². The summed E-state index contributed by atoms with van der Waals surface area (Å²) < 4.78 is 2.01. The lowest BCUT2D eigenvalue weighted by atomic mass is 10.1. The zero-order valence-corrected chi connectivity index (χ0v) is 10.8. The standard InChI is InChI=1S/C12H13N7/c1-8-9(2)15-17-12(10(8)5-13)18-3-4-19-7-14-16-11(19)6-18/h7H,3-4,6H2,1-2H3. The first-order valence-corrected chi connectivity index (χ1v) is 6.06. The zero-order valence-electron chi connectivity index (χ0n) is 10.8. The highest BCUT2D eigenvalue weighted by molar-refractivity contribution is 5.57. The largest absolute Gasteiger partial charge is 0.345 e. The Hall–Kier alpha value is -2.49. The topological polar surface area (TPSA) is 83.5 Å².